The third-order valence-corrected chi connectivity index (χ3v) is 6.16. The first-order chi connectivity index (χ1) is 13.5. The van der Waals surface area contributed by atoms with Crippen molar-refractivity contribution in [2.45, 2.75) is 50.4 Å². The van der Waals surface area contributed by atoms with Crippen molar-refractivity contribution in [1.82, 2.24) is 0 Å². The lowest BCUT2D eigenvalue weighted by Gasteiger charge is -2.30. The van der Waals surface area contributed by atoms with Crippen LogP contribution in [0.3, 0.4) is 0 Å². The predicted molar refractivity (Wildman–Crippen MR) is 115 cm³/mol. The molecule has 1 aliphatic carbocycles. The van der Waals surface area contributed by atoms with Crippen LogP contribution in [-0.4, -0.2) is 37.5 Å². The second-order valence-corrected chi connectivity index (χ2v) is 8.73. The quantitative estimate of drug-likeness (QED) is 0.664. The maximum absolute atomic E-state index is 10.6. The average Bonchev–Trinajstić information content (AvgIpc) is 2.71. The van der Waals surface area contributed by atoms with Crippen LogP contribution in [0.5, 0.6) is 0 Å². The van der Waals surface area contributed by atoms with Gasteiger partial charge in [0.15, 0.2) is 0 Å². The summed E-state index contributed by atoms with van der Waals surface area (Å²) in [5, 5.41) is 12.0. The lowest BCUT2D eigenvalue weighted by molar-refractivity contribution is -0.910. The minimum absolute atomic E-state index is 0.265. The van der Waals surface area contributed by atoms with Crippen molar-refractivity contribution >= 4 is 23.2 Å². The summed E-state index contributed by atoms with van der Waals surface area (Å²) in [7, 11) is 2.19. The van der Waals surface area contributed by atoms with E-state index >= 15 is 0 Å². The van der Waals surface area contributed by atoms with Gasteiger partial charge in [0.1, 0.15) is 18.8 Å². The van der Waals surface area contributed by atoms with Crippen LogP contribution >= 0.6 is 23.2 Å². The van der Waals surface area contributed by atoms with Crippen LogP contribution in [0.15, 0.2) is 48.5 Å². The van der Waals surface area contributed by atoms with Crippen molar-refractivity contribution in [3.05, 3.63) is 69.7 Å². The summed E-state index contributed by atoms with van der Waals surface area (Å²) in [5.74, 6) is 0. The Morgan fingerprint density at radius 3 is 1.93 bits per heavy atom. The van der Waals surface area contributed by atoms with Crippen LogP contribution < -0.4 is 4.90 Å². The zero-order valence-electron chi connectivity index (χ0n) is 16.4. The van der Waals surface area contributed by atoms with Crippen molar-refractivity contribution < 1.29 is 14.7 Å². The fraction of sp³-hybridized carbons (Fsp3) is 0.478. The van der Waals surface area contributed by atoms with E-state index in [0.717, 1.165) is 11.1 Å². The van der Waals surface area contributed by atoms with Gasteiger partial charge in [-0.25, -0.2) is 0 Å². The molecule has 0 heterocycles. The van der Waals surface area contributed by atoms with E-state index in [0.29, 0.717) is 29.2 Å². The predicted octanol–water partition coefficient (Wildman–Crippen LogP) is 4.31. The van der Waals surface area contributed by atoms with Crippen LogP contribution in [0.4, 0.5) is 0 Å². The summed E-state index contributed by atoms with van der Waals surface area (Å²) < 4.78 is 6.19. The second-order valence-electron chi connectivity index (χ2n) is 7.86. The van der Waals surface area contributed by atoms with Gasteiger partial charge < -0.3 is 14.7 Å². The van der Waals surface area contributed by atoms with E-state index in [-0.39, 0.29) is 6.10 Å². The molecular weight excluding hydrogens is 393 g/mol. The van der Waals surface area contributed by atoms with Gasteiger partial charge in [-0.05, 0) is 61.1 Å². The number of quaternary nitrogens is 1. The summed E-state index contributed by atoms with van der Waals surface area (Å²) in [5.41, 5.74) is 2.01. The van der Waals surface area contributed by atoms with Gasteiger partial charge in [-0.3, -0.25) is 0 Å². The number of hydrogen-bond donors (Lipinski definition) is 2. The zero-order valence-corrected chi connectivity index (χ0v) is 17.9. The maximum atomic E-state index is 10.6. The Labute approximate surface area is 178 Å². The Bertz CT molecular complexity index is 669. The normalized spacial score (nSPS) is 17.6. The topological polar surface area (TPSA) is 33.9 Å². The molecular formula is C23H30Cl2NO2+. The van der Waals surface area contributed by atoms with Crippen molar-refractivity contribution in [3.63, 3.8) is 0 Å². The van der Waals surface area contributed by atoms with E-state index in [1.54, 1.807) is 0 Å². The Balaban J connectivity index is 1.63. The molecule has 1 fully saturated rings. The van der Waals surface area contributed by atoms with Gasteiger partial charge in [0, 0.05) is 10.0 Å². The van der Waals surface area contributed by atoms with Crippen LogP contribution in [-0.2, 0) is 4.74 Å². The maximum Gasteiger partial charge on any atom is 0.126 e. The molecule has 5 heteroatoms. The molecule has 1 aliphatic rings. The van der Waals surface area contributed by atoms with Crippen LogP contribution in [0.25, 0.3) is 0 Å². The molecule has 2 N–H and O–H groups in total. The third kappa shape index (κ3) is 6.20. The molecule has 0 bridgehead atoms. The number of rotatable bonds is 8. The highest BCUT2D eigenvalue weighted by molar-refractivity contribution is 6.30. The van der Waals surface area contributed by atoms with E-state index in [9.17, 15) is 5.11 Å². The fourth-order valence-electron chi connectivity index (χ4n) is 4.06. The van der Waals surface area contributed by atoms with E-state index in [1.165, 1.54) is 37.0 Å². The monoisotopic (exact) mass is 422 g/mol. The van der Waals surface area contributed by atoms with Crippen LogP contribution in [0.1, 0.15) is 49.3 Å². The molecule has 2 aromatic carbocycles. The molecule has 3 nitrogen and oxygen atoms in total. The number of ether oxygens (including phenoxy) is 1. The molecule has 2 aromatic rings. The van der Waals surface area contributed by atoms with Gasteiger partial charge in [-0.2, -0.15) is 0 Å². The standard InChI is InChI=1S/C23H29Cl2NO2/c1-26(21-5-3-2-4-6-21)15-22(27)16-28-23(17-7-11-19(24)12-8-17)18-9-13-20(25)14-10-18/h7-14,21-23,27H,2-6,15-16H2,1H3/p+1/t22-/m1/s1. The molecule has 0 radical (unpaired) electrons. The SMILES string of the molecule is C[NH+](C[C@@H](O)COC(c1ccc(Cl)cc1)c1ccc(Cl)cc1)C1CCCCC1. The van der Waals surface area contributed by atoms with Crippen LogP contribution in [0, 0.1) is 0 Å². The number of aliphatic hydroxyl groups excluding tert-OH is 1. The highest BCUT2D eigenvalue weighted by atomic mass is 35.5. The second kappa shape index (κ2) is 10.6. The Morgan fingerprint density at radius 1 is 0.929 bits per heavy atom. The first-order valence-electron chi connectivity index (χ1n) is 10.2. The van der Waals surface area contributed by atoms with Gasteiger partial charge in [0.25, 0.3) is 0 Å². The zero-order chi connectivity index (χ0) is 19.9. The molecule has 3 rings (SSSR count). The molecule has 1 saturated carbocycles. The molecule has 1 unspecified atom stereocenters. The minimum atomic E-state index is -0.496. The fourth-order valence-corrected chi connectivity index (χ4v) is 4.31. The first-order valence-corrected chi connectivity index (χ1v) is 10.9. The number of likely N-dealkylation sites (N-methyl/N-ethyl adjacent to an activating group) is 1. The number of hydrogen-bond acceptors (Lipinski definition) is 2. The smallest absolute Gasteiger partial charge is 0.126 e. The summed E-state index contributed by atoms with van der Waals surface area (Å²) in [6.45, 7) is 0.999. The Hall–Kier alpha value is -1.10. The van der Waals surface area contributed by atoms with Crippen molar-refractivity contribution in [2.75, 3.05) is 20.2 Å². The highest BCUT2D eigenvalue weighted by Crippen LogP contribution is 2.28. The summed E-state index contributed by atoms with van der Waals surface area (Å²) in [4.78, 5) is 1.41. The van der Waals surface area contributed by atoms with Gasteiger partial charge in [-0.15, -0.1) is 0 Å². The van der Waals surface area contributed by atoms with Gasteiger partial charge in [0.2, 0.25) is 0 Å². The van der Waals surface area contributed by atoms with Crippen molar-refractivity contribution in [1.29, 1.82) is 0 Å². The molecule has 152 valence electrons. The van der Waals surface area contributed by atoms with Crippen LogP contribution in [0.2, 0.25) is 10.0 Å². The molecule has 0 aliphatic heterocycles. The highest BCUT2D eigenvalue weighted by Gasteiger charge is 2.24. The Kier molecular flexibility index (Phi) is 8.19. The van der Waals surface area contributed by atoms with E-state index in [1.807, 2.05) is 48.5 Å². The van der Waals surface area contributed by atoms with Crippen molar-refractivity contribution in [3.8, 4) is 0 Å². The van der Waals surface area contributed by atoms with Crippen molar-refractivity contribution in [2.24, 2.45) is 0 Å². The molecule has 28 heavy (non-hydrogen) atoms. The van der Waals surface area contributed by atoms with E-state index in [4.69, 9.17) is 27.9 Å². The number of halogens is 2. The summed E-state index contributed by atoms with van der Waals surface area (Å²) >= 11 is 12.1. The lowest BCUT2D eigenvalue weighted by Crippen LogP contribution is -3.14. The first kappa shape index (κ1) is 21.6. The molecule has 0 aromatic heterocycles. The van der Waals surface area contributed by atoms with Gasteiger partial charge in [-0.1, -0.05) is 53.9 Å². The summed E-state index contributed by atoms with van der Waals surface area (Å²) in [6, 6.07) is 16.0. The lowest BCUT2D eigenvalue weighted by atomic mass is 9.94. The molecule has 0 spiro atoms. The number of benzene rings is 2. The van der Waals surface area contributed by atoms with Gasteiger partial charge >= 0.3 is 0 Å². The molecule has 0 saturated heterocycles. The largest absolute Gasteiger partial charge is 0.385 e. The van der Waals surface area contributed by atoms with E-state index in [2.05, 4.69) is 7.05 Å². The minimum Gasteiger partial charge on any atom is -0.385 e. The summed E-state index contributed by atoms with van der Waals surface area (Å²) in [6.07, 6.45) is 5.73. The van der Waals surface area contributed by atoms with E-state index < -0.39 is 6.10 Å². The molecule has 2 atom stereocenters. The number of aliphatic hydroxyl groups is 1. The molecule has 0 amide bonds. The third-order valence-electron chi connectivity index (χ3n) is 5.66. The van der Waals surface area contributed by atoms with Gasteiger partial charge in [0.05, 0.1) is 19.7 Å². The number of nitrogens with one attached hydrogen (secondary N) is 1. The Morgan fingerprint density at radius 2 is 1.43 bits per heavy atom. The average molecular weight is 423 g/mol.